The summed E-state index contributed by atoms with van der Waals surface area (Å²) >= 11 is 7.50. The minimum atomic E-state index is -0.292. The molecular formula is C22H22ClN5O3S. The van der Waals surface area contributed by atoms with Crippen molar-refractivity contribution in [3.63, 3.8) is 0 Å². The van der Waals surface area contributed by atoms with E-state index in [-0.39, 0.29) is 30.1 Å². The van der Waals surface area contributed by atoms with Gasteiger partial charge >= 0.3 is 0 Å². The van der Waals surface area contributed by atoms with Gasteiger partial charge in [0.25, 0.3) is 11.1 Å². The molecule has 1 aromatic carbocycles. The van der Waals surface area contributed by atoms with Gasteiger partial charge in [-0.1, -0.05) is 18.5 Å². The number of halogens is 1. The van der Waals surface area contributed by atoms with Crippen molar-refractivity contribution in [3.05, 3.63) is 66.5 Å². The largest absolute Gasteiger partial charge is 0.334 e. The summed E-state index contributed by atoms with van der Waals surface area (Å²) < 4.78 is 1.34. The zero-order valence-electron chi connectivity index (χ0n) is 17.9. The van der Waals surface area contributed by atoms with Crippen LogP contribution in [0.25, 0.3) is 21.1 Å². The average molecular weight is 472 g/mol. The van der Waals surface area contributed by atoms with Crippen LogP contribution in [-0.2, 0) is 17.9 Å². The highest BCUT2D eigenvalue weighted by Gasteiger charge is 2.19. The molecule has 4 aromatic rings. The molecule has 0 saturated heterocycles. The lowest BCUT2D eigenvalue weighted by molar-refractivity contribution is -0.132. The van der Waals surface area contributed by atoms with Gasteiger partial charge in [-0.25, -0.2) is 9.97 Å². The SMILES string of the molecule is CCCN(Cc1nc2cc(Cl)ccc2c(=O)[nH]1)C(=O)Cn1cnc2sc(C)c(C)c2c1=O. The number of carbonyl (C=O) groups is 1. The lowest BCUT2D eigenvalue weighted by atomic mass is 10.2. The molecule has 4 rings (SSSR count). The van der Waals surface area contributed by atoms with Gasteiger partial charge in [-0.2, -0.15) is 0 Å². The van der Waals surface area contributed by atoms with Crippen molar-refractivity contribution in [1.29, 1.82) is 0 Å². The Hall–Kier alpha value is -3.04. The summed E-state index contributed by atoms with van der Waals surface area (Å²) in [6, 6.07) is 4.87. The Balaban J connectivity index is 1.63. The summed E-state index contributed by atoms with van der Waals surface area (Å²) in [7, 11) is 0. The van der Waals surface area contributed by atoms with Gasteiger partial charge in [0.05, 0.1) is 29.2 Å². The predicted molar refractivity (Wildman–Crippen MR) is 126 cm³/mol. The maximum absolute atomic E-state index is 13.1. The van der Waals surface area contributed by atoms with Crippen LogP contribution in [0, 0.1) is 13.8 Å². The molecule has 0 saturated carbocycles. The van der Waals surface area contributed by atoms with E-state index in [0.29, 0.717) is 44.9 Å². The standard InChI is InChI=1S/C22H22ClN5O3S/c1-4-7-27(9-17-25-16-8-14(23)5-6-15(16)20(30)26-17)18(29)10-28-11-24-21-19(22(28)31)12(2)13(3)32-21/h5-6,8,11H,4,7,9-10H2,1-3H3,(H,25,26,30). The second kappa shape index (κ2) is 8.84. The number of H-pyrrole nitrogens is 1. The molecule has 0 radical (unpaired) electrons. The fourth-order valence-corrected chi connectivity index (χ4v) is 4.76. The molecule has 10 heteroatoms. The van der Waals surface area contributed by atoms with Crippen LogP contribution in [0.3, 0.4) is 0 Å². The maximum Gasteiger partial charge on any atom is 0.262 e. The van der Waals surface area contributed by atoms with Gasteiger partial charge in [0, 0.05) is 16.4 Å². The van der Waals surface area contributed by atoms with Crippen LogP contribution in [0.1, 0.15) is 29.6 Å². The number of aryl methyl sites for hydroxylation is 2. The number of fused-ring (bicyclic) bond motifs is 2. The molecule has 1 N–H and O–H groups in total. The van der Waals surface area contributed by atoms with Gasteiger partial charge in [-0.15, -0.1) is 11.3 Å². The lowest BCUT2D eigenvalue weighted by Crippen LogP contribution is -2.37. The molecular weight excluding hydrogens is 450 g/mol. The topological polar surface area (TPSA) is 101 Å². The summed E-state index contributed by atoms with van der Waals surface area (Å²) in [5.74, 6) is 0.102. The lowest BCUT2D eigenvalue weighted by Gasteiger charge is -2.22. The molecule has 0 aliphatic carbocycles. The van der Waals surface area contributed by atoms with Gasteiger partial charge in [-0.3, -0.25) is 19.0 Å². The first-order valence-corrected chi connectivity index (χ1v) is 11.4. The summed E-state index contributed by atoms with van der Waals surface area (Å²) in [5, 5.41) is 1.46. The first kappa shape index (κ1) is 22.2. The number of nitrogens with zero attached hydrogens (tertiary/aromatic N) is 4. The van der Waals surface area contributed by atoms with Crippen molar-refractivity contribution >= 4 is 50.0 Å². The Morgan fingerprint density at radius 1 is 1.28 bits per heavy atom. The van der Waals surface area contributed by atoms with Crippen LogP contribution in [0.15, 0.2) is 34.1 Å². The van der Waals surface area contributed by atoms with E-state index in [9.17, 15) is 14.4 Å². The molecule has 8 nitrogen and oxygen atoms in total. The van der Waals surface area contributed by atoms with E-state index >= 15 is 0 Å². The van der Waals surface area contributed by atoms with Crippen molar-refractivity contribution in [2.45, 2.75) is 40.3 Å². The zero-order valence-corrected chi connectivity index (χ0v) is 19.5. The third-order valence-electron chi connectivity index (χ3n) is 5.37. The smallest absolute Gasteiger partial charge is 0.262 e. The highest BCUT2D eigenvalue weighted by molar-refractivity contribution is 7.18. The van der Waals surface area contributed by atoms with Gasteiger partial charge < -0.3 is 9.88 Å². The third kappa shape index (κ3) is 4.18. The molecule has 0 spiro atoms. The number of hydrogen-bond acceptors (Lipinski definition) is 6. The number of hydrogen-bond donors (Lipinski definition) is 1. The zero-order chi connectivity index (χ0) is 23.0. The van der Waals surface area contributed by atoms with E-state index in [1.807, 2.05) is 20.8 Å². The molecule has 0 fully saturated rings. The highest BCUT2D eigenvalue weighted by atomic mass is 35.5. The number of benzene rings is 1. The molecule has 0 aliphatic rings. The van der Waals surface area contributed by atoms with Gasteiger partial charge in [0.15, 0.2) is 0 Å². The van der Waals surface area contributed by atoms with Gasteiger partial charge in [0.2, 0.25) is 5.91 Å². The maximum atomic E-state index is 13.1. The third-order valence-corrected chi connectivity index (χ3v) is 6.72. The molecule has 3 aromatic heterocycles. The quantitative estimate of drug-likeness (QED) is 0.464. The number of rotatable bonds is 6. The summed E-state index contributed by atoms with van der Waals surface area (Å²) in [6.45, 7) is 6.22. The second-order valence-electron chi connectivity index (χ2n) is 7.63. The normalized spacial score (nSPS) is 11.4. The molecule has 3 heterocycles. The van der Waals surface area contributed by atoms with Crippen LogP contribution in [0.2, 0.25) is 5.02 Å². The Morgan fingerprint density at radius 3 is 2.81 bits per heavy atom. The molecule has 166 valence electrons. The predicted octanol–water partition coefficient (Wildman–Crippen LogP) is 3.40. The molecule has 0 unspecified atom stereocenters. The van der Waals surface area contributed by atoms with Crippen molar-refractivity contribution < 1.29 is 4.79 Å². The Labute approximate surface area is 192 Å². The van der Waals surface area contributed by atoms with Gasteiger partial charge in [-0.05, 0) is 44.0 Å². The number of amides is 1. The van der Waals surface area contributed by atoms with Crippen LogP contribution in [-0.4, -0.2) is 36.9 Å². The number of aromatic nitrogens is 4. The van der Waals surface area contributed by atoms with Gasteiger partial charge in [0.1, 0.15) is 17.2 Å². The molecule has 0 aliphatic heterocycles. The molecule has 0 atom stereocenters. The summed E-state index contributed by atoms with van der Waals surface area (Å²) in [5.41, 5.74) is 0.842. The number of carbonyl (C=O) groups excluding carboxylic acids is 1. The number of nitrogens with one attached hydrogen (secondary N) is 1. The summed E-state index contributed by atoms with van der Waals surface area (Å²) in [4.78, 5) is 53.3. The Kier molecular flexibility index (Phi) is 6.12. The monoisotopic (exact) mass is 471 g/mol. The fraction of sp³-hybridized carbons (Fsp3) is 0.318. The van der Waals surface area contributed by atoms with Crippen molar-refractivity contribution in [3.8, 4) is 0 Å². The van der Waals surface area contributed by atoms with Crippen molar-refractivity contribution in [2.75, 3.05) is 6.54 Å². The van der Waals surface area contributed by atoms with Crippen molar-refractivity contribution in [1.82, 2.24) is 24.4 Å². The van der Waals surface area contributed by atoms with Crippen LogP contribution in [0.5, 0.6) is 0 Å². The van der Waals surface area contributed by atoms with E-state index in [1.165, 1.54) is 22.2 Å². The minimum absolute atomic E-state index is 0.116. The average Bonchev–Trinajstić information content (AvgIpc) is 3.03. The van der Waals surface area contributed by atoms with E-state index in [2.05, 4.69) is 15.0 Å². The van der Waals surface area contributed by atoms with E-state index in [0.717, 1.165) is 10.4 Å². The minimum Gasteiger partial charge on any atom is -0.334 e. The van der Waals surface area contributed by atoms with Crippen LogP contribution in [0.4, 0.5) is 0 Å². The number of aromatic amines is 1. The van der Waals surface area contributed by atoms with E-state index in [4.69, 9.17) is 11.6 Å². The first-order chi connectivity index (χ1) is 15.3. The van der Waals surface area contributed by atoms with Crippen LogP contribution >= 0.6 is 22.9 Å². The highest BCUT2D eigenvalue weighted by Crippen LogP contribution is 2.25. The first-order valence-electron chi connectivity index (χ1n) is 10.2. The fourth-order valence-electron chi connectivity index (χ4n) is 3.61. The Morgan fingerprint density at radius 2 is 2.06 bits per heavy atom. The van der Waals surface area contributed by atoms with E-state index < -0.39 is 0 Å². The van der Waals surface area contributed by atoms with Crippen molar-refractivity contribution in [2.24, 2.45) is 0 Å². The Bertz CT molecular complexity index is 1460. The summed E-state index contributed by atoms with van der Waals surface area (Å²) in [6.07, 6.45) is 2.13. The second-order valence-corrected chi connectivity index (χ2v) is 9.27. The molecule has 1 amide bonds. The van der Waals surface area contributed by atoms with Crippen LogP contribution < -0.4 is 11.1 Å². The molecule has 0 bridgehead atoms. The van der Waals surface area contributed by atoms with E-state index in [1.54, 1.807) is 23.1 Å². The number of thiophene rings is 1. The molecule has 32 heavy (non-hydrogen) atoms.